The highest BCUT2D eigenvalue weighted by Gasteiger charge is 2.22. The molecule has 0 saturated carbocycles. The normalized spacial score (nSPS) is 18.1. The van der Waals surface area contributed by atoms with Crippen molar-refractivity contribution in [2.75, 3.05) is 18.4 Å². The van der Waals surface area contributed by atoms with Crippen LogP contribution in [0.5, 0.6) is 0 Å². The topological polar surface area (TPSA) is 32.3 Å². The first-order chi connectivity index (χ1) is 9.08. The zero-order valence-corrected chi connectivity index (χ0v) is 11.6. The number of nitrogens with one attached hydrogen (secondary N) is 1. The fourth-order valence-electron chi connectivity index (χ4n) is 2.39. The van der Waals surface area contributed by atoms with E-state index >= 15 is 0 Å². The van der Waals surface area contributed by atoms with Crippen LogP contribution in [0, 0.1) is 12.7 Å². The molecule has 0 unspecified atom stereocenters. The zero-order valence-electron chi connectivity index (χ0n) is 11.6. The third-order valence-corrected chi connectivity index (χ3v) is 3.76. The third-order valence-electron chi connectivity index (χ3n) is 3.76. The summed E-state index contributed by atoms with van der Waals surface area (Å²) in [4.78, 5) is 14.3. The Kier molecular flexibility index (Phi) is 4.53. The second kappa shape index (κ2) is 6.15. The molecule has 0 bridgehead atoms. The van der Waals surface area contributed by atoms with Crippen molar-refractivity contribution < 1.29 is 9.18 Å². The monoisotopic (exact) mass is 264 g/mol. The molecule has 1 saturated heterocycles. The first kappa shape index (κ1) is 14.0. The Labute approximate surface area is 113 Å². The predicted octanol–water partition coefficient (Wildman–Crippen LogP) is 2.95. The average molecular weight is 264 g/mol. The Morgan fingerprint density at radius 2 is 2.00 bits per heavy atom. The minimum atomic E-state index is -0.288. The maximum absolute atomic E-state index is 13.4. The number of anilines is 1. The van der Waals surface area contributed by atoms with Crippen LogP contribution in [0.25, 0.3) is 0 Å². The molecule has 0 aliphatic carbocycles. The molecule has 1 aromatic carbocycles. The molecule has 104 valence electrons. The summed E-state index contributed by atoms with van der Waals surface area (Å²) in [5.41, 5.74) is 1.11. The lowest BCUT2D eigenvalue weighted by molar-refractivity contribution is -0.121. The van der Waals surface area contributed by atoms with Gasteiger partial charge in [-0.2, -0.15) is 0 Å². The van der Waals surface area contributed by atoms with Crippen molar-refractivity contribution in [1.82, 2.24) is 4.90 Å². The van der Waals surface area contributed by atoms with Crippen molar-refractivity contribution in [1.29, 1.82) is 0 Å². The molecule has 4 heteroatoms. The molecule has 1 fully saturated rings. The number of benzene rings is 1. The molecule has 1 aliphatic heterocycles. The Balaban J connectivity index is 1.97. The maximum atomic E-state index is 13.4. The smallest absolute Gasteiger partial charge is 0.241 e. The fourth-order valence-corrected chi connectivity index (χ4v) is 2.39. The van der Waals surface area contributed by atoms with Crippen molar-refractivity contribution in [2.24, 2.45) is 0 Å². The van der Waals surface area contributed by atoms with Crippen molar-refractivity contribution in [3.8, 4) is 0 Å². The average Bonchev–Trinajstić information content (AvgIpc) is 2.43. The van der Waals surface area contributed by atoms with Crippen molar-refractivity contribution in [2.45, 2.75) is 39.2 Å². The highest BCUT2D eigenvalue weighted by molar-refractivity contribution is 5.94. The minimum absolute atomic E-state index is 0.0647. The molecule has 0 aromatic heterocycles. The number of rotatable bonds is 3. The molecule has 1 aliphatic rings. The molecule has 1 aromatic rings. The Hall–Kier alpha value is -1.42. The highest BCUT2D eigenvalue weighted by Crippen LogP contribution is 2.16. The molecular formula is C15H21FN2O. The van der Waals surface area contributed by atoms with Gasteiger partial charge in [-0.25, -0.2) is 4.39 Å². The number of amides is 1. The Morgan fingerprint density at radius 3 is 2.63 bits per heavy atom. The summed E-state index contributed by atoms with van der Waals surface area (Å²) < 4.78 is 13.4. The van der Waals surface area contributed by atoms with Gasteiger partial charge in [0.05, 0.1) is 6.04 Å². The van der Waals surface area contributed by atoms with Gasteiger partial charge in [0.2, 0.25) is 5.91 Å². The minimum Gasteiger partial charge on any atom is -0.325 e. The van der Waals surface area contributed by atoms with Crippen LogP contribution in [0.15, 0.2) is 18.2 Å². The number of carbonyl (C=O) groups is 1. The van der Waals surface area contributed by atoms with E-state index in [0.717, 1.165) is 25.9 Å². The largest absolute Gasteiger partial charge is 0.325 e. The SMILES string of the molecule is Cc1ccc(NC(=O)[C@@H](C)N2CCCCC2)cc1F. The van der Waals surface area contributed by atoms with E-state index in [2.05, 4.69) is 10.2 Å². The molecule has 2 rings (SSSR count). The van der Waals surface area contributed by atoms with Crippen molar-refractivity contribution in [3.63, 3.8) is 0 Å². The molecular weight excluding hydrogens is 243 g/mol. The molecule has 1 amide bonds. The second-order valence-corrected chi connectivity index (χ2v) is 5.23. The highest BCUT2D eigenvalue weighted by atomic mass is 19.1. The summed E-state index contributed by atoms with van der Waals surface area (Å²) in [6, 6.07) is 4.62. The van der Waals surface area contributed by atoms with Gasteiger partial charge in [-0.15, -0.1) is 0 Å². The maximum Gasteiger partial charge on any atom is 0.241 e. The van der Waals surface area contributed by atoms with Gasteiger partial charge < -0.3 is 5.32 Å². The fraction of sp³-hybridized carbons (Fsp3) is 0.533. The molecule has 3 nitrogen and oxygen atoms in total. The first-order valence-electron chi connectivity index (χ1n) is 6.89. The predicted molar refractivity (Wildman–Crippen MR) is 74.7 cm³/mol. The lowest BCUT2D eigenvalue weighted by atomic mass is 10.1. The number of hydrogen-bond donors (Lipinski definition) is 1. The van der Waals surface area contributed by atoms with E-state index in [4.69, 9.17) is 0 Å². The van der Waals surface area contributed by atoms with E-state index in [1.54, 1.807) is 19.1 Å². The Morgan fingerprint density at radius 1 is 1.32 bits per heavy atom. The number of carbonyl (C=O) groups excluding carboxylic acids is 1. The quantitative estimate of drug-likeness (QED) is 0.910. The summed E-state index contributed by atoms with van der Waals surface area (Å²) in [5, 5.41) is 2.79. The van der Waals surface area contributed by atoms with Gasteiger partial charge in [0.15, 0.2) is 0 Å². The third kappa shape index (κ3) is 3.53. The van der Waals surface area contributed by atoms with Crippen LogP contribution in [0.3, 0.4) is 0 Å². The van der Waals surface area contributed by atoms with Gasteiger partial charge in [0.25, 0.3) is 0 Å². The van der Waals surface area contributed by atoms with Crippen LogP contribution in [0.4, 0.5) is 10.1 Å². The van der Waals surface area contributed by atoms with Gasteiger partial charge in [-0.1, -0.05) is 12.5 Å². The van der Waals surface area contributed by atoms with Gasteiger partial charge in [0, 0.05) is 5.69 Å². The molecule has 0 spiro atoms. The van der Waals surface area contributed by atoms with Gasteiger partial charge >= 0.3 is 0 Å². The molecule has 19 heavy (non-hydrogen) atoms. The van der Waals surface area contributed by atoms with Crippen LogP contribution < -0.4 is 5.32 Å². The van der Waals surface area contributed by atoms with E-state index in [-0.39, 0.29) is 17.8 Å². The molecule has 1 atom stereocenters. The lowest BCUT2D eigenvalue weighted by Gasteiger charge is -2.31. The summed E-state index contributed by atoms with van der Waals surface area (Å²) in [6.07, 6.45) is 3.54. The summed E-state index contributed by atoms with van der Waals surface area (Å²) >= 11 is 0. The lowest BCUT2D eigenvalue weighted by Crippen LogP contribution is -2.44. The van der Waals surface area contributed by atoms with Crippen LogP contribution in [0.2, 0.25) is 0 Å². The van der Waals surface area contributed by atoms with E-state index < -0.39 is 0 Å². The van der Waals surface area contributed by atoms with Crippen LogP contribution in [-0.2, 0) is 4.79 Å². The second-order valence-electron chi connectivity index (χ2n) is 5.23. The standard InChI is InChI=1S/C15H21FN2O/c1-11-6-7-13(10-14(11)16)17-15(19)12(2)18-8-4-3-5-9-18/h6-7,10,12H,3-5,8-9H2,1-2H3,(H,17,19)/t12-/m1/s1. The Bertz CT molecular complexity index is 455. The summed E-state index contributed by atoms with van der Waals surface area (Å²) in [6.45, 7) is 5.55. The van der Waals surface area contributed by atoms with Gasteiger partial charge in [0.1, 0.15) is 5.82 Å². The molecule has 1 N–H and O–H groups in total. The van der Waals surface area contributed by atoms with Gasteiger partial charge in [-0.3, -0.25) is 9.69 Å². The van der Waals surface area contributed by atoms with Crippen molar-refractivity contribution >= 4 is 11.6 Å². The number of halogens is 1. The first-order valence-corrected chi connectivity index (χ1v) is 6.89. The van der Waals surface area contributed by atoms with Crippen molar-refractivity contribution in [3.05, 3.63) is 29.6 Å². The summed E-state index contributed by atoms with van der Waals surface area (Å²) in [5.74, 6) is -0.353. The number of likely N-dealkylation sites (tertiary alicyclic amines) is 1. The van der Waals surface area contributed by atoms with Crippen LogP contribution >= 0.6 is 0 Å². The number of aryl methyl sites for hydroxylation is 1. The van der Waals surface area contributed by atoms with E-state index in [1.807, 2.05) is 6.92 Å². The number of hydrogen-bond acceptors (Lipinski definition) is 2. The van der Waals surface area contributed by atoms with Crippen LogP contribution in [0.1, 0.15) is 31.7 Å². The van der Waals surface area contributed by atoms with E-state index in [0.29, 0.717) is 11.3 Å². The number of piperidine rings is 1. The zero-order chi connectivity index (χ0) is 13.8. The van der Waals surface area contributed by atoms with E-state index in [1.165, 1.54) is 12.5 Å². The van der Waals surface area contributed by atoms with E-state index in [9.17, 15) is 9.18 Å². The molecule has 0 radical (unpaired) electrons. The van der Waals surface area contributed by atoms with Gasteiger partial charge in [-0.05, 0) is 57.5 Å². The van der Waals surface area contributed by atoms with Crippen LogP contribution in [-0.4, -0.2) is 29.9 Å². The number of nitrogens with zero attached hydrogens (tertiary/aromatic N) is 1. The summed E-state index contributed by atoms with van der Waals surface area (Å²) in [7, 11) is 0. The molecule has 1 heterocycles.